The molecule has 1 amide bonds. The summed E-state index contributed by atoms with van der Waals surface area (Å²) in [7, 11) is 1.55. The van der Waals surface area contributed by atoms with Crippen LogP contribution < -0.4 is 0 Å². The van der Waals surface area contributed by atoms with E-state index < -0.39 is 17.7 Å². The summed E-state index contributed by atoms with van der Waals surface area (Å²) in [4.78, 5) is 28.2. The summed E-state index contributed by atoms with van der Waals surface area (Å²) in [5.74, 6) is -1.41. The Morgan fingerprint density at radius 2 is 1.90 bits per heavy atom. The van der Waals surface area contributed by atoms with Crippen LogP contribution in [0.2, 0.25) is 0 Å². The Hall–Kier alpha value is -2.96. The molecule has 1 atom stereocenters. The molecule has 1 aliphatic rings. The van der Waals surface area contributed by atoms with Gasteiger partial charge >= 0.3 is 0 Å². The highest BCUT2D eigenvalue weighted by atomic mass is 32.1. The van der Waals surface area contributed by atoms with E-state index in [1.165, 1.54) is 16.2 Å². The molecule has 0 aliphatic carbocycles. The minimum atomic E-state index is -0.663. The van der Waals surface area contributed by atoms with Gasteiger partial charge in [0.1, 0.15) is 5.76 Å². The van der Waals surface area contributed by atoms with Crippen molar-refractivity contribution in [2.75, 3.05) is 20.3 Å². The van der Waals surface area contributed by atoms with Crippen molar-refractivity contribution in [1.29, 1.82) is 0 Å². The third kappa shape index (κ3) is 3.24. The fourth-order valence-corrected chi connectivity index (χ4v) is 4.86. The van der Waals surface area contributed by atoms with Gasteiger partial charge in [-0.2, -0.15) is 0 Å². The normalized spacial score (nSPS) is 18.7. The van der Waals surface area contributed by atoms with Crippen molar-refractivity contribution in [2.45, 2.75) is 13.0 Å². The monoisotopic (exact) mass is 407 g/mol. The summed E-state index contributed by atoms with van der Waals surface area (Å²) >= 11 is 1.48. The zero-order valence-corrected chi connectivity index (χ0v) is 17.0. The van der Waals surface area contributed by atoms with Crippen molar-refractivity contribution in [2.24, 2.45) is 0 Å². The van der Waals surface area contributed by atoms with Crippen molar-refractivity contribution in [3.8, 4) is 0 Å². The van der Waals surface area contributed by atoms with Gasteiger partial charge < -0.3 is 14.7 Å². The van der Waals surface area contributed by atoms with Crippen LogP contribution in [0, 0.1) is 6.92 Å². The number of hydrogen-bond acceptors (Lipinski definition) is 5. The minimum Gasteiger partial charge on any atom is -0.507 e. The molecule has 3 aromatic rings. The molecule has 148 valence electrons. The average molecular weight is 407 g/mol. The van der Waals surface area contributed by atoms with Crippen molar-refractivity contribution in [3.63, 3.8) is 0 Å². The number of ketones is 1. The molecule has 0 bridgehead atoms. The Morgan fingerprint density at radius 3 is 2.62 bits per heavy atom. The highest BCUT2D eigenvalue weighted by Gasteiger charge is 2.46. The number of nitrogens with zero attached hydrogens (tertiary/aromatic N) is 1. The lowest BCUT2D eigenvalue weighted by Crippen LogP contribution is -2.32. The number of benzene rings is 2. The largest absolute Gasteiger partial charge is 0.507 e. The SMILES string of the molecule is COCCN1C(=O)C(=O)/C(=C(/O)c2cccc3ccccc23)C1c1sccc1C. The Bertz CT molecular complexity index is 1130. The molecule has 1 fully saturated rings. The van der Waals surface area contributed by atoms with Gasteiger partial charge in [0.15, 0.2) is 0 Å². The molecule has 1 aliphatic heterocycles. The van der Waals surface area contributed by atoms with E-state index in [1.54, 1.807) is 13.2 Å². The fourth-order valence-electron chi connectivity index (χ4n) is 3.81. The molecule has 0 spiro atoms. The Morgan fingerprint density at radius 1 is 1.14 bits per heavy atom. The topological polar surface area (TPSA) is 66.8 Å². The van der Waals surface area contributed by atoms with Crippen LogP contribution in [-0.4, -0.2) is 42.0 Å². The summed E-state index contributed by atoms with van der Waals surface area (Å²) in [6.45, 7) is 2.53. The van der Waals surface area contributed by atoms with Gasteiger partial charge in [-0.15, -0.1) is 11.3 Å². The number of hydrogen-bond donors (Lipinski definition) is 1. The predicted molar refractivity (Wildman–Crippen MR) is 114 cm³/mol. The number of Topliss-reactive ketones (excluding diaryl/α,β-unsaturated/α-hetero) is 1. The van der Waals surface area contributed by atoms with Crippen LogP contribution in [0.5, 0.6) is 0 Å². The molecule has 2 heterocycles. The second kappa shape index (κ2) is 7.81. The van der Waals surface area contributed by atoms with Crippen LogP contribution >= 0.6 is 11.3 Å². The van der Waals surface area contributed by atoms with Crippen LogP contribution in [0.3, 0.4) is 0 Å². The number of fused-ring (bicyclic) bond motifs is 1. The Labute approximate surface area is 172 Å². The molecule has 1 N–H and O–H groups in total. The molecule has 0 radical (unpaired) electrons. The molecule has 29 heavy (non-hydrogen) atoms. The van der Waals surface area contributed by atoms with Crippen LogP contribution in [0.4, 0.5) is 0 Å². The second-order valence-electron chi connectivity index (χ2n) is 6.98. The van der Waals surface area contributed by atoms with Gasteiger partial charge in [-0.05, 0) is 34.7 Å². The maximum absolute atomic E-state index is 13.0. The molecule has 1 aromatic heterocycles. The van der Waals surface area contributed by atoms with E-state index in [-0.39, 0.29) is 17.9 Å². The molecule has 1 saturated heterocycles. The maximum atomic E-state index is 13.0. The number of ether oxygens (including phenoxy) is 1. The predicted octanol–water partition coefficient (Wildman–Crippen LogP) is 4.28. The number of carbonyl (C=O) groups is 2. The van der Waals surface area contributed by atoms with Gasteiger partial charge in [-0.25, -0.2) is 0 Å². The number of likely N-dealkylation sites (tertiary alicyclic amines) is 1. The molecular weight excluding hydrogens is 386 g/mol. The molecule has 6 heteroatoms. The smallest absolute Gasteiger partial charge is 0.295 e. The van der Waals surface area contributed by atoms with E-state index >= 15 is 0 Å². The lowest BCUT2D eigenvalue weighted by molar-refractivity contribution is -0.140. The highest BCUT2D eigenvalue weighted by Crippen LogP contribution is 2.43. The number of aliphatic hydroxyl groups is 1. The van der Waals surface area contributed by atoms with Crippen LogP contribution in [0.1, 0.15) is 22.0 Å². The van der Waals surface area contributed by atoms with Crippen LogP contribution in [-0.2, 0) is 14.3 Å². The average Bonchev–Trinajstić information content (AvgIpc) is 3.26. The summed E-state index contributed by atoms with van der Waals surface area (Å²) in [6.07, 6.45) is 0. The van der Waals surface area contributed by atoms with E-state index in [0.29, 0.717) is 12.2 Å². The van der Waals surface area contributed by atoms with Crippen LogP contribution in [0.25, 0.3) is 16.5 Å². The Balaban J connectivity index is 1.94. The molecule has 2 aromatic carbocycles. The van der Waals surface area contributed by atoms with Gasteiger partial charge in [-0.3, -0.25) is 9.59 Å². The zero-order valence-electron chi connectivity index (χ0n) is 16.2. The van der Waals surface area contributed by atoms with Gasteiger partial charge in [0.25, 0.3) is 11.7 Å². The van der Waals surface area contributed by atoms with E-state index in [2.05, 4.69) is 0 Å². The first-order valence-corrected chi connectivity index (χ1v) is 10.2. The number of rotatable bonds is 5. The van der Waals surface area contributed by atoms with Gasteiger partial charge in [0.05, 0.1) is 18.2 Å². The number of carbonyl (C=O) groups excluding carboxylic acids is 2. The summed E-state index contributed by atoms with van der Waals surface area (Å²) in [5, 5.41) is 15.0. The number of aryl methyl sites for hydroxylation is 1. The molecule has 0 saturated carbocycles. The number of aliphatic hydroxyl groups excluding tert-OH is 1. The Kier molecular flexibility index (Phi) is 5.22. The molecular formula is C23H21NO4S. The second-order valence-corrected chi connectivity index (χ2v) is 7.93. The first kappa shape index (κ1) is 19.4. The number of methoxy groups -OCH3 is 1. The van der Waals surface area contributed by atoms with E-state index in [9.17, 15) is 14.7 Å². The summed E-state index contributed by atoms with van der Waals surface area (Å²) in [5.41, 5.74) is 1.66. The van der Waals surface area contributed by atoms with E-state index in [4.69, 9.17) is 4.74 Å². The number of thiophene rings is 1. The van der Waals surface area contributed by atoms with Crippen molar-refractivity contribution in [1.82, 2.24) is 4.90 Å². The van der Waals surface area contributed by atoms with E-state index in [0.717, 1.165) is 21.2 Å². The molecule has 1 unspecified atom stereocenters. The van der Waals surface area contributed by atoms with Gasteiger partial charge in [0, 0.05) is 24.1 Å². The third-order valence-electron chi connectivity index (χ3n) is 5.27. The first-order chi connectivity index (χ1) is 14.0. The van der Waals surface area contributed by atoms with Crippen molar-refractivity contribution >= 4 is 39.6 Å². The third-order valence-corrected chi connectivity index (χ3v) is 6.34. The summed E-state index contributed by atoms with van der Waals surface area (Å²) in [6, 6.07) is 14.5. The first-order valence-electron chi connectivity index (χ1n) is 9.34. The lowest BCUT2D eigenvalue weighted by atomic mass is 9.95. The fraction of sp³-hybridized carbons (Fsp3) is 0.217. The quantitative estimate of drug-likeness (QED) is 0.390. The lowest BCUT2D eigenvalue weighted by Gasteiger charge is -2.24. The highest BCUT2D eigenvalue weighted by molar-refractivity contribution is 7.10. The van der Waals surface area contributed by atoms with Gasteiger partial charge in [0.2, 0.25) is 0 Å². The standard InChI is InChI=1S/C23H21NO4S/c1-14-10-13-29-22(14)19-18(21(26)23(27)24(19)11-12-28-2)20(25)17-9-5-7-15-6-3-4-8-16(15)17/h3-10,13,19,25H,11-12H2,1-2H3/b20-18+. The zero-order chi connectivity index (χ0) is 20.5. The van der Waals surface area contributed by atoms with Gasteiger partial charge in [-0.1, -0.05) is 42.5 Å². The van der Waals surface area contributed by atoms with Crippen molar-refractivity contribution < 1.29 is 19.4 Å². The van der Waals surface area contributed by atoms with Crippen LogP contribution in [0.15, 0.2) is 59.5 Å². The molecule has 4 rings (SSSR count). The van der Waals surface area contributed by atoms with E-state index in [1.807, 2.05) is 54.8 Å². The minimum absolute atomic E-state index is 0.132. The summed E-state index contributed by atoms with van der Waals surface area (Å²) < 4.78 is 5.14. The maximum Gasteiger partial charge on any atom is 0.295 e. The van der Waals surface area contributed by atoms with Crippen molar-refractivity contribution in [3.05, 3.63) is 75.5 Å². The number of amides is 1. The molecule has 5 nitrogen and oxygen atoms in total.